The van der Waals surface area contributed by atoms with Crippen LogP contribution in [-0.4, -0.2) is 6.61 Å². The molecule has 0 heterocycles. The van der Waals surface area contributed by atoms with Gasteiger partial charge in [-0.2, -0.15) is 5.26 Å². The third kappa shape index (κ3) is 3.25. The third-order valence-corrected chi connectivity index (χ3v) is 2.06. The Balaban J connectivity index is 2.78. The largest absolute Gasteiger partial charge is 0.490 e. The van der Waals surface area contributed by atoms with Gasteiger partial charge in [-0.3, -0.25) is 0 Å². The predicted molar refractivity (Wildman–Crippen MR) is 56.1 cm³/mol. The van der Waals surface area contributed by atoms with E-state index in [-0.39, 0.29) is 18.0 Å². The van der Waals surface area contributed by atoms with Crippen molar-refractivity contribution in [3.05, 3.63) is 29.6 Å². The zero-order valence-electron chi connectivity index (χ0n) is 8.79. The van der Waals surface area contributed by atoms with Crippen molar-refractivity contribution in [2.24, 2.45) is 0 Å². The standard InChI is InChI=1S/C12H14FNO/c1-2-3-9-15-12-10(7-8-14)5-4-6-11(12)13/h4-6H,2-3,7,9H2,1H3. The summed E-state index contributed by atoms with van der Waals surface area (Å²) in [5.74, 6) is -0.161. The summed E-state index contributed by atoms with van der Waals surface area (Å²) in [7, 11) is 0. The molecule has 15 heavy (non-hydrogen) atoms. The first-order valence-corrected chi connectivity index (χ1v) is 5.06. The fourth-order valence-electron chi connectivity index (χ4n) is 1.26. The number of hydrogen-bond acceptors (Lipinski definition) is 2. The van der Waals surface area contributed by atoms with Crippen LogP contribution in [0.5, 0.6) is 5.75 Å². The van der Waals surface area contributed by atoms with Gasteiger partial charge in [-0.05, 0) is 12.5 Å². The molecular formula is C12H14FNO. The van der Waals surface area contributed by atoms with Crippen LogP contribution in [0.2, 0.25) is 0 Å². The normalized spacial score (nSPS) is 9.67. The fraction of sp³-hybridized carbons (Fsp3) is 0.417. The van der Waals surface area contributed by atoms with Crippen LogP contribution in [0.3, 0.4) is 0 Å². The summed E-state index contributed by atoms with van der Waals surface area (Å²) in [5, 5.41) is 8.58. The minimum absolute atomic E-state index is 0.180. The Bertz CT molecular complexity index is 357. The summed E-state index contributed by atoms with van der Waals surface area (Å²) >= 11 is 0. The number of para-hydroxylation sites is 1. The van der Waals surface area contributed by atoms with Crippen molar-refractivity contribution in [1.82, 2.24) is 0 Å². The van der Waals surface area contributed by atoms with Gasteiger partial charge in [0.25, 0.3) is 0 Å². The summed E-state index contributed by atoms with van der Waals surface area (Å²) in [4.78, 5) is 0. The molecule has 80 valence electrons. The monoisotopic (exact) mass is 207 g/mol. The maximum atomic E-state index is 13.4. The summed E-state index contributed by atoms with van der Waals surface area (Å²) in [6.45, 7) is 2.54. The fourth-order valence-corrected chi connectivity index (χ4v) is 1.26. The molecule has 0 fully saturated rings. The first-order valence-electron chi connectivity index (χ1n) is 5.06. The lowest BCUT2D eigenvalue weighted by Crippen LogP contribution is -2.01. The predicted octanol–water partition coefficient (Wildman–Crippen LogP) is 3.07. The number of hydrogen-bond donors (Lipinski definition) is 0. The molecule has 0 spiro atoms. The van der Waals surface area contributed by atoms with Gasteiger partial charge in [-0.15, -0.1) is 0 Å². The number of ether oxygens (including phenoxy) is 1. The van der Waals surface area contributed by atoms with E-state index in [0.29, 0.717) is 12.2 Å². The van der Waals surface area contributed by atoms with E-state index in [2.05, 4.69) is 0 Å². The van der Waals surface area contributed by atoms with E-state index in [1.807, 2.05) is 13.0 Å². The highest BCUT2D eigenvalue weighted by atomic mass is 19.1. The number of halogens is 1. The minimum Gasteiger partial charge on any atom is -0.490 e. The Morgan fingerprint density at radius 2 is 2.27 bits per heavy atom. The average Bonchev–Trinajstić information content (AvgIpc) is 2.23. The third-order valence-electron chi connectivity index (χ3n) is 2.06. The molecule has 1 aromatic carbocycles. The van der Waals surface area contributed by atoms with Crippen LogP contribution in [0.4, 0.5) is 4.39 Å². The van der Waals surface area contributed by atoms with Crippen molar-refractivity contribution < 1.29 is 9.13 Å². The molecule has 0 saturated carbocycles. The maximum Gasteiger partial charge on any atom is 0.165 e. The topological polar surface area (TPSA) is 33.0 Å². The summed E-state index contributed by atoms with van der Waals surface area (Å²) in [5.41, 5.74) is 0.619. The highest BCUT2D eigenvalue weighted by Crippen LogP contribution is 2.23. The second-order valence-electron chi connectivity index (χ2n) is 3.26. The lowest BCUT2D eigenvalue weighted by molar-refractivity contribution is 0.291. The molecule has 0 amide bonds. The number of nitrogens with zero attached hydrogens (tertiary/aromatic N) is 1. The van der Waals surface area contributed by atoms with Crippen molar-refractivity contribution in [2.45, 2.75) is 26.2 Å². The van der Waals surface area contributed by atoms with Crippen molar-refractivity contribution in [3.63, 3.8) is 0 Å². The Hall–Kier alpha value is -1.56. The van der Waals surface area contributed by atoms with Gasteiger partial charge in [0.2, 0.25) is 0 Å². The summed E-state index contributed by atoms with van der Waals surface area (Å²) in [6.07, 6.45) is 2.07. The SMILES string of the molecule is CCCCOc1c(F)cccc1CC#N. The number of nitriles is 1. The first kappa shape index (κ1) is 11.5. The van der Waals surface area contributed by atoms with Crippen LogP contribution in [0, 0.1) is 17.1 Å². The highest BCUT2D eigenvalue weighted by Gasteiger charge is 2.08. The first-order chi connectivity index (χ1) is 7.29. The summed E-state index contributed by atoms with van der Waals surface area (Å²) < 4.78 is 18.7. The van der Waals surface area contributed by atoms with Crippen LogP contribution < -0.4 is 4.74 Å². The van der Waals surface area contributed by atoms with E-state index < -0.39 is 0 Å². The van der Waals surface area contributed by atoms with Crippen molar-refractivity contribution in [3.8, 4) is 11.8 Å². The molecule has 0 atom stereocenters. The van der Waals surface area contributed by atoms with E-state index in [1.54, 1.807) is 12.1 Å². The van der Waals surface area contributed by atoms with E-state index in [0.717, 1.165) is 12.8 Å². The Morgan fingerprint density at radius 1 is 1.47 bits per heavy atom. The molecule has 0 aliphatic heterocycles. The second-order valence-corrected chi connectivity index (χ2v) is 3.26. The van der Waals surface area contributed by atoms with Crippen molar-refractivity contribution >= 4 is 0 Å². The van der Waals surface area contributed by atoms with Crippen LogP contribution >= 0.6 is 0 Å². The van der Waals surface area contributed by atoms with Crippen molar-refractivity contribution in [2.75, 3.05) is 6.61 Å². The highest BCUT2D eigenvalue weighted by molar-refractivity contribution is 5.36. The zero-order valence-corrected chi connectivity index (χ0v) is 8.79. The zero-order chi connectivity index (χ0) is 11.1. The van der Waals surface area contributed by atoms with Gasteiger partial charge in [0.1, 0.15) is 0 Å². The van der Waals surface area contributed by atoms with Gasteiger partial charge in [0.15, 0.2) is 11.6 Å². The Kier molecular flexibility index (Phi) is 4.62. The summed E-state index contributed by atoms with van der Waals surface area (Å²) in [6, 6.07) is 6.65. The van der Waals surface area contributed by atoms with Crippen LogP contribution in [0.1, 0.15) is 25.3 Å². The molecule has 0 N–H and O–H groups in total. The minimum atomic E-state index is -0.390. The van der Waals surface area contributed by atoms with E-state index in [9.17, 15) is 4.39 Å². The van der Waals surface area contributed by atoms with Gasteiger partial charge in [-0.25, -0.2) is 4.39 Å². The smallest absolute Gasteiger partial charge is 0.165 e. The molecule has 1 aromatic rings. The van der Waals surface area contributed by atoms with E-state index in [4.69, 9.17) is 10.00 Å². The second kappa shape index (κ2) is 6.02. The number of rotatable bonds is 5. The lowest BCUT2D eigenvalue weighted by atomic mass is 10.1. The molecule has 1 rings (SSSR count). The van der Waals surface area contributed by atoms with E-state index >= 15 is 0 Å². The molecule has 0 unspecified atom stereocenters. The maximum absolute atomic E-state index is 13.4. The Labute approximate surface area is 89.3 Å². The molecule has 0 saturated heterocycles. The quantitative estimate of drug-likeness (QED) is 0.695. The van der Waals surface area contributed by atoms with Gasteiger partial charge in [0.05, 0.1) is 19.1 Å². The average molecular weight is 207 g/mol. The van der Waals surface area contributed by atoms with Gasteiger partial charge >= 0.3 is 0 Å². The van der Waals surface area contributed by atoms with E-state index in [1.165, 1.54) is 6.07 Å². The molecular weight excluding hydrogens is 193 g/mol. The number of unbranched alkanes of at least 4 members (excludes halogenated alkanes) is 1. The molecule has 2 nitrogen and oxygen atoms in total. The lowest BCUT2D eigenvalue weighted by Gasteiger charge is -2.09. The molecule has 0 radical (unpaired) electrons. The molecule has 0 aliphatic carbocycles. The molecule has 0 bridgehead atoms. The Morgan fingerprint density at radius 3 is 2.93 bits per heavy atom. The van der Waals surface area contributed by atoms with Gasteiger partial charge < -0.3 is 4.74 Å². The van der Waals surface area contributed by atoms with Crippen LogP contribution in [0.15, 0.2) is 18.2 Å². The van der Waals surface area contributed by atoms with Crippen LogP contribution in [0.25, 0.3) is 0 Å². The van der Waals surface area contributed by atoms with Crippen molar-refractivity contribution in [1.29, 1.82) is 5.26 Å². The molecule has 3 heteroatoms. The molecule has 0 aliphatic rings. The van der Waals surface area contributed by atoms with Crippen LogP contribution in [-0.2, 0) is 6.42 Å². The van der Waals surface area contributed by atoms with Gasteiger partial charge in [0, 0.05) is 5.56 Å². The van der Waals surface area contributed by atoms with Gasteiger partial charge in [-0.1, -0.05) is 25.5 Å². The number of benzene rings is 1. The molecule has 0 aromatic heterocycles.